The molecule has 11 heteroatoms. The number of halogens is 1. The number of carbonyl (C=O) groups excluding carboxylic acids is 3. The minimum Gasteiger partial charge on any atom is -0.354 e. The molecule has 1 aliphatic rings. The highest BCUT2D eigenvalue weighted by molar-refractivity contribution is 6.30. The predicted octanol–water partition coefficient (Wildman–Crippen LogP) is 2.45. The Bertz CT molecular complexity index is 1240. The summed E-state index contributed by atoms with van der Waals surface area (Å²) < 4.78 is 1.53. The van der Waals surface area contributed by atoms with Crippen LogP contribution in [0.1, 0.15) is 35.2 Å². The molecular weight excluding hydrogens is 470 g/mol. The van der Waals surface area contributed by atoms with Crippen LogP contribution in [0.4, 0.5) is 5.69 Å². The molecule has 0 fully saturated rings. The van der Waals surface area contributed by atoms with Gasteiger partial charge in [0.25, 0.3) is 5.91 Å². The molecule has 1 atom stereocenters. The molecule has 2 aromatic carbocycles. The van der Waals surface area contributed by atoms with E-state index in [0.717, 1.165) is 11.3 Å². The Hall–Kier alpha value is -4.05. The van der Waals surface area contributed by atoms with Crippen molar-refractivity contribution in [1.29, 1.82) is 0 Å². The molecule has 0 aliphatic carbocycles. The maximum Gasteiger partial charge on any atom is 0.254 e. The van der Waals surface area contributed by atoms with Gasteiger partial charge in [0.05, 0.1) is 16.9 Å². The van der Waals surface area contributed by atoms with Gasteiger partial charge < -0.3 is 16.0 Å². The zero-order valence-electron chi connectivity index (χ0n) is 18.8. The number of amides is 3. The molecule has 0 radical (unpaired) electrons. The van der Waals surface area contributed by atoms with Crippen LogP contribution in [0.25, 0.3) is 5.69 Å². The van der Waals surface area contributed by atoms with Crippen LogP contribution in [-0.4, -0.2) is 50.5 Å². The standard InChI is InChI=1S/C24H24ClN7O3/c25-17-10-11-21(32-15-27-30-31-32)16(14-17)12-13-26-24(35)20-8-2-1-3-9-22(33)28-19-7-5-4-6-18(19)23(34)29-20/h1-2,4-7,10-11,14-15,20H,3,8-9,12-13H2,(H,26,35)(H,28,33)(H,29,34)/b2-1-/t20-/m1/s1. The Morgan fingerprint density at radius 3 is 2.86 bits per heavy atom. The molecule has 180 valence electrons. The van der Waals surface area contributed by atoms with Crippen molar-refractivity contribution >= 4 is 35.0 Å². The van der Waals surface area contributed by atoms with Gasteiger partial charge in [-0.05, 0) is 65.6 Å². The van der Waals surface area contributed by atoms with Gasteiger partial charge in [-0.1, -0.05) is 35.9 Å². The third kappa shape index (κ3) is 6.30. The van der Waals surface area contributed by atoms with Crippen molar-refractivity contribution in [2.45, 2.75) is 31.7 Å². The topological polar surface area (TPSA) is 131 Å². The molecule has 3 aromatic rings. The number of allylic oxidation sites excluding steroid dienone is 1. The molecular formula is C24H24ClN7O3. The van der Waals surface area contributed by atoms with Crippen LogP contribution in [0, 0.1) is 0 Å². The van der Waals surface area contributed by atoms with Gasteiger partial charge in [-0.15, -0.1) is 5.10 Å². The van der Waals surface area contributed by atoms with Gasteiger partial charge in [0, 0.05) is 18.0 Å². The van der Waals surface area contributed by atoms with Crippen LogP contribution in [0.5, 0.6) is 0 Å². The van der Waals surface area contributed by atoms with Crippen molar-refractivity contribution < 1.29 is 14.4 Å². The number of rotatable bonds is 5. The summed E-state index contributed by atoms with van der Waals surface area (Å²) >= 11 is 6.17. The lowest BCUT2D eigenvalue weighted by Gasteiger charge is -2.19. The van der Waals surface area contributed by atoms with Gasteiger partial charge in [0.1, 0.15) is 12.4 Å². The summed E-state index contributed by atoms with van der Waals surface area (Å²) in [5.41, 5.74) is 2.33. The van der Waals surface area contributed by atoms with Crippen molar-refractivity contribution in [2.75, 3.05) is 11.9 Å². The average Bonchev–Trinajstić information content (AvgIpc) is 3.37. The number of carbonyl (C=O) groups is 3. The summed E-state index contributed by atoms with van der Waals surface area (Å²) in [4.78, 5) is 38.1. The summed E-state index contributed by atoms with van der Waals surface area (Å²) in [6, 6.07) is 11.3. The largest absolute Gasteiger partial charge is 0.354 e. The second-order valence-electron chi connectivity index (χ2n) is 7.93. The van der Waals surface area contributed by atoms with E-state index in [1.54, 1.807) is 42.5 Å². The second-order valence-corrected chi connectivity index (χ2v) is 8.37. The summed E-state index contributed by atoms with van der Waals surface area (Å²) in [5, 5.41) is 20.3. The molecule has 2 heterocycles. The molecule has 0 unspecified atom stereocenters. The van der Waals surface area contributed by atoms with E-state index in [-0.39, 0.29) is 18.2 Å². The number of aromatic nitrogens is 4. The van der Waals surface area contributed by atoms with Gasteiger partial charge in [-0.25, -0.2) is 4.68 Å². The molecule has 0 saturated carbocycles. The molecule has 0 bridgehead atoms. The minimum absolute atomic E-state index is 0.174. The second kappa shape index (κ2) is 11.4. The Balaban J connectivity index is 1.45. The molecule has 0 spiro atoms. The fraction of sp³-hybridized carbons (Fsp3) is 0.250. The highest BCUT2D eigenvalue weighted by atomic mass is 35.5. The third-order valence-electron chi connectivity index (χ3n) is 5.48. The third-order valence-corrected chi connectivity index (χ3v) is 5.71. The number of tetrazole rings is 1. The Morgan fingerprint density at radius 2 is 2.03 bits per heavy atom. The first-order valence-corrected chi connectivity index (χ1v) is 11.5. The molecule has 0 saturated heterocycles. The number of hydrogen-bond donors (Lipinski definition) is 3. The van der Waals surface area contributed by atoms with Crippen molar-refractivity contribution in [1.82, 2.24) is 30.8 Å². The quantitative estimate of drug-likeness (QED) is 0.468. The lowest BCUT2D eigenvalue weighted by molar-refractivity contribution is -0.123. The number of hydrogen-bond acceptors (Lipinski definition) is 6. The normalized spacial score (nSPS) is 17.2. The fourth-order valence-corrected chi connectivity index (χ4v) is 3.92. The summed E-state index contributed by atoms with van der Waals surface area (Å²) in [6.07, 6.45) is 6.72. The Morgan fingerprint density at radius 1 is 1.17 bits per heavy atom. The minimum atomic E-state index is -0.778. The molecule has 4 rings (SSSR count). The Labute approximate surface area is 206 Å². The van der Waals surface area contributed by atoms with E-state index in [1.807, 2.05) is 12.1 Å². The van der Waals surface area contributed by atoms with E-state index in [4.69, 9.17) is 11.6 Å². The predicted molar refractivity (Wildman–Crippen MR) is 130 cm³/mol. The van der Waals surface area contributed by atoms with Crippen LogP contribution in [-0.2, 0) is 16.0 Å². The van der Waals surface area contributed by atoms with Crippen molar-refractivity contribution in [3.05, 3.63) is 77.1 Å². The number of nitrogens with one attached hydrogen (secondary N) is 3. The van der Waals surface area contributed by atoms with E-state index >= 15 is 0 Å². The number of para-hydroxylation sites is 1. The number of benzene rings is 2. The fourth-order valence-electron chi connectivity index (χ4n) is 3.73. The van der Waals surface area contributed by atoms with Crippen LogP contribution in [0.3, 0.4) is 0 Å². The smallest absolute Gasteiger partial charge is 0.254 e. The van der Waals surface area contributed by atoms with Gasteiger partial charge in [0.15, 0.2) is 0 Å². The number of anilines is 1. The molecule has 3 N–H and O–H groups in total. The van der Waals surface area contributed by atoms with E-state index in [1.165, 1.54) is 11.0 Å². The first-order chi connectivity index (χ1) is 17.0. The van der Waals surface area contributed by atoms with Crippen LogP contribution >= 0.6 is 11.6 Å². The number of nitrogens with zero attached hydrogens (tertiary/aromatic N) is 4. The number of fused-ring (bicyclic) bond motifs is 1. The highest BCUT2D eigenvalue weighted by Gasteiger charge is 2.22. The summed E-state index contributed by atoms with van der Waals surface area (Å²) in [6.45, 7) is 0.316. The van der Waals surface area contributed by atoms with E-state index in [9.17, 15) is 14.4 Å². The summed E-state index contributed by atoms with van der Waals surface area (Å²) in [7, 11) is 0. The van der Waals surface area contributed by atoms with Gasteiger partial charge in [-0.3, -0.25) is 14.4 Å². The maximum absolute atomic E-state index is 13.0. The lowest BCUT2D eigenvalue weighted by atomic mass is 10.1. The van der Waals surface area contributed by atoms with E-state index in [0.29, 0.717) is 42.1 Å². The molecule has 1 aromatic heterocycles. The first-order valence-electron chi connectivity index (χ1n) is 11.2. The Kier molecular flexibility index (Phi) is 7.84. The zero-order chi connectivity index (χ0) is 24.6. The van der Waals surface area contributed by atoms with Crippen molar-refractivity contribution in [3.8, 4) is 5.69 Å². The van der Waals surface area contributed by atoms with Crippen LogP contribution < -0.4 is 16.0 Å². The average molecular weight is 494 g/mol. The van der Waals surface area contributed by atoms with Crippen LogP contribution in [0.2, 0.25) is 5.02 Å². The van der Waals surface area contributed by atoms with Crippen molar-refractivity contribution in [3.63, 3.8) is 0 Å². The monoisotopic (exact) mass is 493 g/mol. The van der Waals surface area contributed by atoms with E-state index in [2.05, 4.69) is 31.5 Å². The van der Waals surface area contributed by atoms with Gasteiger partial charge in [0.2, 0.25) is 11.8 Å². The van der Waals surface area contributed by atoms with Crippen molar-refractivity contribution in [2.24, 2.45) is 0 Å². The molecule has 1 aliphatic heterocycles. The highest BCUT2D eigenvalue weighted by Crippen LogP contribution is 2.20. The zero-order valence-corrected chi connectivity index (χ0v) is 19.5. The first kappa shape index (κ1) is 24.1. The van der Waals surface area contributed by atoms with Gasteiger partial charge >= 0.3 is 0 Å². The molecule has 10 nitrogen and oxygen atoms in total. The lowest BCUT2D eigenvalue weighted by Crippen LogP contribution is -2.47. The molecule has 3 amide bonds. The summed E-state index contributed by atoms with van der Waals surface area (Å²) in [5.74, 6) is -0.926. The van der Waals surface area contributed by atoms with E-state index < -0.39 is 11.9 Å². The SMILES string of the molecule is O=C1CC/C=C\C[C@H](C(=O)NCCc2cc(Cl)ccc2-n2cnnn2)NC(=O)c2ccccc2N1. The maximum atomic E-state index is 13.0. The van der Waals surface area contributed by atoms with Crippen LogP contribution in [0.15, 0.2) is 60.9 Å². The molecule has 35 heavy (non-hydrogen) atoms. The van der Waals surface area contributed by atoms with Gasteiger partial charge in [-0.2, -0.15) is 0 Å².